The largest absolute Gasteiger partial charge is 0.333 e. The molecule has 1 fully saturated rings. The topological polar surface area (TPSA) is 78.5 Å². The van der Waals surface area contributed by atoms with Crippen molar-refractivity contribution in [3.05, 3.63) is 59.2 Å². The minimum atomic E-state index is -3.73. The predicted molar refractivity (Wildman–Crippen MR) is 114 cm³/mol. The molecule has 0 aromatic heterocycles. The van der Waals surface area contributed by atoms with E-state index in [2.05, 4.69) is 10.0 Å². The number of anilines is 1. The number of nitrogens with zero attached hydrogens (tertiary/aromatic N) is 1. The summed E-state index contributed by atoms with van der Waals surface area (Å²) in [4.78, 5) is 14.9. The first-order valence-corrected chi connectivity index (χ1v) is 10.5. The van der Waals surface area contributed by atoms with Crippen LogP contribution in [0.3, 0.4) is 0 Å². The van der Waals surface area contributed by atoms with Crippen molar-refractivity contribution in [2.45, 2.75) is 31.7 Å². The van der Waals surface area contributed by atoms with Gasteiger partial charge in [0.15, 0.2) is 0 Å². The lowest BCUT2D eigenvalue weighted by Crippen LogP contribution is -2.52. The number of piperazine rings is 1. The number of rotatable bonds is 4. The van der Waals surface area contributed by atoms with Crippen molar-refractivity contribution < 1.29 is 13.2 Å². The lowest BCUT2D eigenvalue weighted by Gasteiger charge is -2.34. The summed E-state index contributed by atoms with van der Waals surface area (Å²) in [5.41, 5.74) is 2.40. The molecule has 1 aliphatic heterocycles. The van der Waals surface area contributed by atoms with Crippen LogP contribution in [0.1, 0.15) is 28.4 Å². The van der Waals surface area contributed by atoms with Crippen LogP contribution in [0.4, 0.5) is 5.69 Å². The first kappa shape index (κ1) is 22.2. The molecule has 3 rings (SSSR count). The normalized spacial score (nSPS) is 17.0. The third kappa shape index (κ3) is 4.84. The van der Waals surface area contributed by atoms with E-state index >= 15 is 0 Å². The molecular formula is C20H26ClN3O3S. The monoisotopic (exact) mass is 423 g/mol. The number of amides is 1. The lowest BCUT2D eigenvalue weighted by atomic mass is 10.1. The standard InChI is InChI=1S/C20H25N3O3S.ClH/c1-14-7-8-15(2)19(11-14)27(25,26)22-18-6-4-5-17(12-18)20(24)23-10-9-21-13-16(23)3;/h4-8,11-12,16,21-22H,9-10,13H2,1-3H3;1H/t16-;/m1./s1. The van der Waals surface area contributed by atoms with E-state index < -0.39 is 10.0 Å². The van der Waals surface area contributed by atoms with Crippen LogP contribution >= 0.6 is 12.4 Å². The Labute approximate surface area is 172 Å². The lowest BCUT2D eigenvalue weighted by molar-refractivity contribution is 0.0656. The van der Waals surface area contributed by atoms with Gasteiger partial charge in [0.25, 0.3) is 15.9 Å². The maximum atomic E-state index is 12.8. The van der Waals surface area contributed by atoms with Crippen LogP contribution in [0.25, 0.3) is 0 Å². The third-order valence-electron chi connectivity index (χ3n) is 4.76. The first-order valence-electron chi connectivity index (χ1n) is 9.00. The zero-order chi connectivity index (χ0) is 19.6. The molecule has 0 saturated carbocycles. The maximum Gasteiger partial charge on any atom is 0.262 e. The number of carbonyl (C=O) groups excluding carboxylic acids is 1. The Balaban J connectivity index is 0.00000280. The molecule has 152 valence electrons. The summed E-state index contributed by atoms with van der Waals surface area (Å²) in [6, 6.07) is 12.1. The number of sulfonamides is 1. The molecule has 2 N–H and O–H groups in total. The van der Waals surface area contributed by atoms with E-state index in [9.17, 15) is 13.2 Å². The van der Waals surface area contributed by atoms with E-state index in [4.69, 9.17) is 0 Å². The maximum absolute atomic E-state index is 12.8. The highest BCUT2D eigenvalue weighted by Gasteiger charge is 2.24. The molecule has 1 heterocycles. The molecule has 0 radical (unpaired) electrons. The van der Waals surface area contributed by atoms with Crippen LogP contribution in [0.5, 0.6) is 0 Å². The Morgan fingerprint density at radius 3 is 2.64 bits per heavy atom. The predicted octanol–water partition coefficient (Wildman–Crippen LogP) is 2.96. The number of nitrogens with one attached hydrogen (secondary N) is 2. The van der Waals surface area contributed by atoms with E-state index in [0.29, 0.717) is 23.4 Å². The quantitative estimate of drug-likeness (QED) is 0.792. The van der Waals surface area contributed by atoms with Gasteiger partial charge in [-0.2, -0.15) is 0 Å². The van der Waals surface area contributed by atoms with Crippen molar-refractivity contribution in [2.24, 2.45) is 0 Å². The Kier molecular flexibility index (Phi) is 7.09. The fourth-order valence-corrected chi connectivity index (χ4v) is 4.61. The summed E-state index contributed by atoms with van der Waals surface area (Å²) in [7, 11) is -3.73. The Bertz CT molecular complexity index is 963. The third-order valence-corrected chi connectivity index (χ3v) is 6.28. The van der Waals surface area contributed by atoms with Crippen LogP contribution in [-0.2, 0) is 10.0 Å². The summed E-state index contributed by atoms with van der Waals surface area (Å²) in [6.07, 6.45) is 0. The van der Waals surface area contributed by atoms with Crippen LogP contribution in [0, 0.1) is 13.8 Å². The average Bonchev–Trinajstić information content (AvgIpc) is 2.63. The summed E-state index contributed by atoms with van der Waals surface area (Å²) >= 11 is 0. The number of carbonyl (C=O) groups is 1. The molecule has 1 amide bonds. The molecule has 6 nitrogen and oxygen atoms in total. The van der Waals surface area contributed by atoms with Crippen LogP contribution in [-0.4, -0.2) is 44.9 Å². The SMILES string of the molecule is Cc1ccc(C)c(S(=O)(=O)Nc2cccc(C(=O)N3CCNC[C@H]3C)c2)c1.Cl. The van der Waals surface area contributed by atoms with Gasteiger partial charge in [0, 0.05) is 36.9 Å². The molecule has 2 aromatic carbocycles. The first-order chi connectivity index (χ1) is 12.8. The minimum Gasteiger partial charge on any atom is -0.333 e. The minimum absolute atomic E-state index is 0. The number of aryl methyl sites for hydroxylation is 2. The highest BCUT2D eigenvalue weighted by atomic mass is 35.5. The van der Waals surface area contributed by atoms with Gasteiger partial charge in [-0.25, -0.2) is 8.42 Å². The molecule has 8 heteroatoms. The molecule has 1 saturated heterocycles. The van der Waals surface area contributed by atoms with E-state index in [1.54, 1.807) is 43.3 Å². The Morgan fingerprint density at radius 1 is 1.18 bits per heavy atom. The van der Waals surface area contributed by atoms with Gasteiger partial charge in [0.05, 0.1) is 4.90 Å². The second-order valence-corrected chi connectivity index (χ2v) is 8.66. The van der Waals surface area contributed by atoms with Crippen molar-refractivity contribution >= 4 is 34.0 Å². The van der Waals surface area contributed by atoms with E-state index in [-0.39, 0.29) is 29.3 Å². The zero-order valence-electron chi connectivity index (χ0n) is 16.2. The van der Waals surface area contributed by atoms with Crippen molar-refractivity contribution in [3.63, 3.8) is 0 Å². The fourth-order valence-electron chi connectivity index (χ4n) is 3.23. The molecule has 1 aliphatic rings. The summed E-state index contributed by atoms with van der Waals surface area (Å²) in [6.45, 7) is 7.77. The average molecular weight is 424 g/mol. The van der Waals surface area contributed by atoms with Crippen molar-refractivity contribution in [1.82, 2.24) is 10.2 Å². The number of hydrogen-bond donors (Lipinski definition) is 2. The molecule has 2 aromatic rings. The van der Waals surface area contributed by atoms with E-state index in [1.165, 1.54) is 0 Å². The zero-order valence-corrected chi connectivity index (χ0v) is 17.9. The van der Waals surface area contributed by atoms with Gasteiger partial charge in [0.2, 0.25) is 0 Å². The summed E-state index contributed by atoms with van der Waals surface area (Å²) < 4.78 is 28.2. The molecule has 0 aliphatic carbocycles. The second kappa shape index (κ2) is 8.94. The van der Waals surface area contributed by atoms with Gasteiger partial charge >= 0.3 is 0 Å². The number of benzene rings is 2. The highest BCUT2D eigenvalue weighted by Crippen LogP contribution is 2.22. The molecular weight excluding hydrogens is 398 g/mol. The van der Waals surface area contributed by atoms with Gasteiger partial charge in [-0.1, -0.05) is 18.2 Å². The van der Waals surface area contributed by atoms with Crippen molar-refractivity contribution in [3.8, 4) is 0 Å². The van der Waals surface area contributed by atoms with Gasteiger partial charge < -0.3 is 10.2 Å². The number of halogens is 1. The van der Waals surface area contributed by atoms with E-state index in [0.717, 1.165) is 18.7 Å². The smallest absolute Gasteiger partial charge is 0.262 e. The van der Waals surface area contributed by atoms with Gasteiger partial charge in [-0.3, -0.25) is 9.52 Å². The van der Waals surface area contributed by atoms with Gasteiger partial charge in [-0.05, 0) is 56.2 Å². The Morgan fingerprint density at radius 2 is 1.93 bits per heavy atom. The summed E-state index contributed by atoms with van der Waals surface area (Å²) in [5, 5.41) is 3.26. The van der Waals surface area contributed by atoms with Crippen LogP contribution in [0.2, 0.25) is 0 Å². The Hall–Kier alpha value is -2.09. The van der Waals surface area contributed by atoms with Gasteiger partial charge in [-0.15, -0.1) is 12.4 Å². The number of hydrogen-bond acceptors (Lipinski definition) is 4. The molecule has 0 spiro atoms. The second-order valence-electron chi connectivity index (χ2n) is 7.01. The molecule has 1 atom stereocenters. The fraction of sp³-hybridized carbons (Fsp3) is 0.350. The van der Waals surface area contributed by atoms with Crippen LogP contribution < -0.4 is 10.0 Å². The van der Waals surface area contributed by atoms with Crippen LogP contribution in [0.15, 0.2) is 47.4 Å². The van der Waals surface area contributed by atoms with E-state index in [1.807, 2.05) is 24.8 Å². The van der Waals surface area contributed by atoms with Crippen molar-refractivity contribution in [2.75, 3.05) is 24.4 Å². The molecule has 0 bridgehead atoms. The van der Waals surface area contributed by atoms with Gasteiger partial charge in [0.1, 0.15) is 0 Å². The highest BCUT2D eigenvalue weighted by molar-refractivity contribution is 7.92. The molecule has 28 heavy (non-hydrogen) atoms. The molecule has 0 unspecified atom stereocenters. The van der Waals surface area contributed by atoms with Crippen molar-refractivity contribution in [1.29, 1.82) is 0 Å². The summed E-state index contributed by atoms with van der Waals surface area (Å²) in [5.74, 6) is -0.0863.